The molecule has 1 atom stereocenters. The van der Waals surface area contributed by atoms with Gasteiger partial charge in [0.1, 0.15) is 11.5 Å². The number of nitrogens with one attached hydrogen (secondary N) is 1. The number of hydrogen-bond acceptors (Lipinski definition) is 4. The summed E-state index contributed by atoms with van der Waals surface area (Å²) in [6.07, 6.45) is 9.35. The molecular weight excluding hydrogens is 376 g/mol. The van der Waals surface area contributed by atoms with Gasteiger partial charge in [-0.3, -0.25) is 9.69 Å². The molecule has 154 valence electrons. The molecule has 2 aliphatic carbocycles. The fourth-order valence-corrected chi connectivity index (χ4v) is 5.95. The van der Waals surface area contributed by atoms with Crippen molar-refractivity contribution in [2.24, 2.45) is 11.8 Å². The molecule has 1 unspecified atom stereocenters. The third-order valence-corrected chi connectivity index (χ3v) is 7.26. The number of hydrogen-bond donors (Lipinski definition) is 1. The van der Waals surface area contributed by atoms with E-state index in [4.69, 9.17) is 21.1 Å². The predicted molar refractivity (Wildman–Crippen MR) is 110 cm³/mol. The number of methoxy groups -OCH3 is 2. The summed E-state index contributed by atoms with van der Waals surface area (Å²) < 4.78 is 10.6. The van der Waals surface area contributed by atoms with Crippen molar-refractivity contribution in [3.05, 3.63) is 22.7 Å². The van der Waals surface area contributed by atoms with Crippen LogP contribution in [0.3, 0.4) is 0 Å². The molecule has 4 rings (SSSR count). The fraction of sp³-hybridized carbons (Fsp3) is 0.682. The molecule has 2 saturated carbocycles. The minimum atomic E-state index is -0.128. The van der Waals surface area contributed by atoms with Crippen LogP contribution in [0.1, 0.15) is 55.3 Å². The van der Waals surface area contributed by atoms with Crippen molar-refractivity contribution in [3.8, 4) is 11.5 Å². The number of fused-ring (bicyclic) bond motifs is 2. The lowest BCUT2D eigenvalue weighted by Gasteiger charge is -2.47. The molecule has 1 aromatic carbocycles. The summed E-state index contributed by atoms with van der Waals surface area (Å²) in [7, 11) is 3.10. The highest BCUT2D eigenvalue weighted by Gasteiger charge is 2.42. The average Bonchev–Trinajstić information content (AvgIpc) is 3.15. The zero-order valence-electron chi connectivity index (χ0n) is 16.9. The van der Waals surface area contributed by atoms with Crippen molar-refractivity contribution in [1.29, 1.82) is 0 Å². The van der Waals surface area contributed by atoms with E-state index in [-0.39, 0.29) is 11.9 Å². The predicted octanol–water partition coefficient (Wildman–Crippen LogP) is 4.13. The highest BCUT2D eigenvalue weighted by molar-refractivity contribution is 6.32. The Kier molecular flexibility index (Phi) is 6.02. The number of benzene rings is 1. The smallest absolute Gasteiger partial charge is 0.255 e. The molecule has 5 nitrogen and oxygen atoms in total. The molecule has 0 spiro atoms. The quantitative estimate of drug-likeness (QED) is 0.798. The lowest BCUT2D eigenvalue weighted by atomic mass is 9.68. The zero-order valence-corrected chi connectivity index (χ0v) is 17.6. The second-order valence-electron chi connectivity index (χ2n) is 8.51. The molecule has 1 aliphatic heterocycles. The molecule has 3 fully saturated rings. The Morgan fingerprint density at radius 2 is 1.68 bits per heavy atom. The van der Waals surface area contributed by atoms with Crippen LogP contribution in [0.15, 0.2) is 12.1 Å². The van der Waals surface area contributed by atoms with Gasteiger partial charge in [-0.05, 0) is 50.0 Å². The van der Waals surface area contributed by atoms with Crippen LogP contribution >= 0.6 is 11.6 Å². The molecule has 6 heteroatoms. The SMILES string of the molecule is COc1cc(OC)c(C(=O)NC2CCN(C3C4CCCC3CCC4)C2)cc1Cl. The van der Waals surface area contributed by atoms with E-state index in [9.17, 15) is 4.79 Å². The zero-order chi connectivity index (χ0) is 19.7. The first-order chi connectivity index (χ1) is 13.6. The molecule has 1 N–H and O–H groups in total. The van der Waals surface area contributed by atoms with Crippen LogP contribution in [0, 0.1) is 11.8 Å². The van der Waals surface area contributed by atoms with Crippen LogP contribution < -0.4 is 14.8 Å². The first kappa shape index (κ1) is 19.8. The Morgan fingerprint density at radius 3 is 2.29 bits per heavy atom. The second kappa shape index (κ2) is 8.50. The summed E-state index contributed by atoms with van der Waals surface area (Å²) in [5.41, 5.74) is 0.460. The Balaban J connectivity index is 1.42. The van der Waals surface area contributed by atoms with Gasteiger partial charge in [-0.1, -0.05) is 24.4 Å². The molecule has 0 aromatic heterocycles. The van der Waals surface area contributed by atoms with Gasteiger partial charge in [0.05, 0.1) is 24.8 Å². The molecule has 0 radical (unpaired) electrons. The van der Waals surface area contributed by atoms with E-state index in [1.807, 2.05) is 0 Å². The van der Waals surface area contributed by atoms with Gasteiger partial charge in [0.25, 0.3) is 5.91 Å². The Bertz CT molecular complexity index is 704. The molecule has 1 amide bonds. The number of likely N-dealkylation sites (tertiary alicyclic amines) is 1. The van der Waals surface area contributed by atoms with Crippen LogP contribution in [-0.2, 0) is 0 Å². The number of halogens is 1. The summed E-state index contributed by atoms with van der Waals surface area (Å²) in [4.78, 5) is 15.6. The van der Waals surface area contributed by atoms with E-state index < -0.39 is 0 Å². The molecule has 2 bridgehead atoms. The number of carbonyl (C=O) groups is 1. The maximum absolute atomic E-state index is 12.9. The number of ether oxygens (including phenoxy) is 2. The monoisotopic (exact) mass is 406 g/mol. The number of rotatable bonds is 5. The number of carbonyl (C=O) groups excluding carboxylic acids is 1. The van der Waals surface area contributed by atoms with Crippen LogP contribution in [0.2, 0.25) is 5.02 Å². The largest absolute Gasteiger partial charge is 0.496 e. The highest BCUT2D eigenvalue weighted by Crippen LogP contribution is 2.43. The Labute approximate surface area is 172 Å². The third-order valence-electron chi connectivity index (χ3n) is 6.96. The molecule has 3 aliphatic rings. The lowest BCUT2D eigenvalue weighted by Crippen LogP contribution is -2.50. The van der Waals surface area contributed by atoms with E-state index in [0.717, 1.165) is 37.4 Å². The van der Waals surface area contributed by atoms with E-state index in [2.05, 4.69) is 10.2 Å². The normalized spacial score (nSPS) is 30.1. The van der Waals surface area contributed by atoms with Gasteiger partial charge < -0.3 is 14.8 Å². The summed E-state index contributed by atoms with van der Waals surface area (Å²) in [6.45, 7) is 2.04. The topological polar surface area (TPSA) is 50.8 Å². The number of amides is 1. The maximum Gasteiger partial charge on any atom is 0.255 e. The van der Waals surface area contributed by atoms with Gasteiger partial charge in [0, 0.05) is 31.2 Å². The molecule has 1 saturated heterocycles. The number of nitrogens with zero attached hydrogens (tertiary/aromatic N) is 1. The Hall–Kier alpha value is -1.46. The van der Waals surface area contributed by atoms with Gasteiger partial charge in [-0.2, -0.15) is 0 Å². The van der Waals surface area contributed by atoms with E-state index in [0.29, 0.717) is 22.1 Å². The summed E-state index contributed by atoms with van der Waals surface area (Å²) in [5, 5.41) is 3.62. The maximum atomic E-state index is 12.9. The standard InChI is InChI=1S/C22H31ClN2O3/c1-27-19-12-20(28-2)18(23)11-17(19)22(26)24-16-9-10-25(13-16)21-14-5-3-6-15(21)8-4-7-14/h11-12,14-16,21H,3-10,13H2,1-2H3,(H,24,26). The van der Waals surface area contributed by atoms with Gasteiger partial charge in [0.2, 0.25) is 0 Å². The van der Waals surface area contributed by atoms with E-state index in [1.54, 1.807) is 26.4 Å². The average molecular weight is 407 g/mol. The third kappa shape index (κ3) is 3.84. The van der Waals surface area contributed by atoms with E-state index in [1.165, 1.54) is 38.5 Å². The van der Waals surface area contributed by atoms with Crippen LogP contribution in [0.25, 0.3) is 0 Å². The van der Waals surface area contributed by atoms with Crippen molar-refractivity contribution in [2.45, 2.75) is 57.0 Å². The first-order valence-corrected chi connectivity index (χ1v) is 10.9. The fourth-order valence-electron chi connectivity index (χ4n) is 5.71. The summed E-state index contributed by atoms with van der Waals surface area (Å²) in [5.74, 6) is 2.59. The van der Waals surface area contributed by atoms with Gasteiger partial charge in [-0.25, -0.2) is 0 Å². The van der Waals surface area contributed by atoms with Gasteiger partial charge in [0.15, 0.2) is 0 Å². The van der Waals surface area contributed by atoms with Gasteiger partial charge >= 0.3 is 0 Å². The summed E-state index contributed by atoms with van der Waals surface area (Å²) in [6, 6.07) is 4.21. The Morgan fingerprint density at radius 1 is 1.04 bits per heavy atom. The molecular formula is C22H31ClN2O3. The van der Waals surface area contributed by atoms with Crippen LogP contribution in [0.4, 0.5) is 0 Å². The van der Waals surface area contributed by atoms with E-state index >= 15 is 0 Å². The highest BCUT2D eigenvalue weighted by atomic mass is 35.5. The lowest BCUT2D eigenvalue weighted by molar-refractivity contribution is 0.0346. The molecule has 1 heterocycles. The minimum absolute atomic E-state index is 0.128. The first-order valence-electron chi connectivity index (χ1n) is 10.6. The van der Waals surface area contributed by atoms with Gasteiger partial charge in [-0.15, -0.1) is 0 Å². The van der Waals surface area contributed by atoms with Crippen LogP contribution in [0.5, 0.6) is 11.5 Å². The van der Waals surface area contributed by atoms with Crippen molar-refractivity contribution >= 4 is 17.5 Å². The van der Waals surface area contributed by atoms with Crippen molar-refractivity contribution in [1.82, 2.24) is 10.2 Å². The molecule has 1 aromatic rings. The molecule has 28 heavy (non-hydrogen) atoms. The van der Waals surface area contributed by atoms with Crippen LogP contribution in [-0.4, -0.2) is 50.2 Å². The summed E-state index contributed by atoms with van der Waals surface area (Å²) >= 11 is 6.23. The van der Waals surface area contributed by atoms with Crippen molar-refractivity contribution in [2.75, 3.05) is 27.3 Å². The minimum Gasteiger partial charge on any atom is -0.496 e. The second-order valence-corrected chi connectivity index (χ2v) is 8.92. The van der Waals surface area contributed by atoms with Crippen molar-refractivity contribution < 1.29 is 14.3 Å². The van der Waals surface area contributed by atoms with Crippen molar-refractivity contribution in [3.63, 3.8) is 0 Å².